The summed E-state index contributed by atoms with van der Waals surface area (Å²) in [6.07, 6.45) is 2.56. The average molecular weight is 225 g/mol. The van der Waals surface area contributed by atoms with Crippen LogP contribution in [0.1, 0.15) is 20.3 Å². The van der Waals surface area contributed by atoms with E-state index in [0.29, 0.717) is 13.2 Å². The first-order valence-electron chi connectivity index (χ1n) is 5.23. The molecule has 2 amide bonds. The molecule has 1 unspecified atom stereocenters. The Bertz CT molecular complexity index is 317. The van der Waals surface area contributed by atoms with Crippen molar-refractivity contribution in [3.05, 3.63) is 12.2 Å². The number of nitrogens with zero attached hydrogens (tertiary/aromatic N) is 1. The van der Waals surface area contributed by atoms with Gasteiger partial charge in [0.15, 0.2) is 5.78 Å². The Kier molecular flexibility index (Phi) is 4.37. The van der Waals surface area contributed by atoms with Gasteiger partial charge in [-0.25, -0.2) is 0 Å². The summed E-state index contributed by atoms with van der Waals surface area (Å²) < 4.78 is 5.05. The number of imide groups is 1. The molecule has 5 heteroatoms. The van der Waals surface area contributed by atoms with Crippen LogP contribution in [-0.4, -0.2) is 41.8 Å². The zero-order valence-electron chi connectivity index (χ0n) is 9.43. The summed E-state index contributed by atoms with van der Waals surface area (Å²) in [5.74, 6) is -1.02. The van der Waals surface area contributed by atoms with Crippen LogP contribution in [0.3, 0.4) is 0 Å². The number of hydrogen-bond acceptors (Lipinski definition) is 4. The van der Waals surface area contributed by atoms with E-state index in [1.165, 1.54) is 12.2 Å². The van der Waals surface area contributed by atoms with Gasteiger partial charge in [-0.05, 0) is 13.8 Å². The van der Waals surface area contributed by atoms with E-state index in [-0.39, 0.29) is 12.2 Å². The minimum atomic E-state index is -0.713. The number of ketones is 1. The highest BCUT2D eigenvalue weighted by molar-refractivity contribution is 6.15. The quantitative estimate of drug-likeness (QED) is 0.481. The van der Waals surface area contributed by atoms with Crippen LogP contribution >= 0.6 is 0 Å². The Labute approximate surface area is 94.1 Å². The SMILES string of the molecule is CCOCCC(=O)C(C)N1C(=O)C=CC1=O. The Morgan fingerprint density at radius 2 is 1.94 bits per heavy atom. The Morgan fingerprint density at radius 1 is 1.38 bits per heavy atom. The predicted octanol–water partition coefficient (Wildman–Crippen LogP) is 0.296. The van der Waals surface area contributed by atoms with E-state index in [9.17, 15) is 14.4 Å². The zero-order chi connectivity index (χ0) is 12.1. The number of carbonyl (C=O) groups excluding carboxylic acids is 3. The van der Waals surface area contributed by atoms with Crippen molar-refractivity contribution in [2.75, 3.05) is 13.2 Å². The third-order valence-electron chi connectivity index (χ3n) is 2.39. The van der Waals surface area contributed by atoms with Crippen LogP contribution in [0, 0.1) is 0 Å². The summed E-state index contributed by atoms with van der Waals surface area (Å²) >= 11 is 0. The van der Waals surface area contributed by atoms with Crippen LogP contribution in [0.2, 0.25) is 0 Å². The van der Waals surface area contributed by atoms with Gasteiger partial charge in [-0.3, -0.25) is 19.3 Å². The van der Waals surface area contributed by atoms with Crippen molar-refractivity contribution in [2.24, 2.45) is 0 Å². The molecule has 16 heavy (non-hydrogen) atoms. The largest absolute Gasteiger partial charge is 0.381 e. The van der Waals surface area contributed by atoms with Crippen molar-refractivity contribution >= 4 is 17.6 Å². The van der Waals surface area contributed by atoms with Crippen molar-refractivity contribution < 1.29 is 19.1 Å². The second kappa shape index (κ2) is 5.55. The average Bonchev–Trinajstić information content (AvgIpc) is 2.58. The van der Waals surface area contributed by atoms with Crippen LogP contribution in [0.25, 0.3) is 0 Å². The van der Waals surface area contributed by atoms with Crippen LogP contribution in [0.4, 0.5) is 0 Å². The third-order valence-corrected chi connectivity index (χ3v) is 2.39. The Balaban J connectivity index is 2.50. The molecule has 0 aromatic carbocycles. The van der Waals surface area contributed by atoms with E-state index in [1.807, 2.05) is 6.92 Å². The zero-order valence-corrected chi connectivity index (χ0v) is 9.43. The molecular formula is C11H15NO4. The first kappa shape index (κ1) is 12.6. The molecule has 0 bridgehead atoms. The molecular weight excluding hydrogens is 210 g/mol. The van der Waals surface area contributed by atoms with Crippen molar-refractivity contribution in [3.8, 4) is 0 Å². The third kappa shape index (κ3) is 2.76. The number of rotatable bonds is 6. The van der Waals surface area contributed by atoms with Gasteiger partial charge in [0.2, 0.25) is 0 Å². The Hall–Kier alpha value is -1.49. The van der Waals surface area contributed by atoms with Crippen LogP contribution < -0.4 is 0 Å². The molecule has 5 nitrogen and oxygen atoms in total. The van der Waals surface area contributed by atoms with Crippen LogP contribution in [0.15, 0.2) is 12.2 Å². The minimum Gasteiger partial charge on any atom is -0.381 e. The van der Waals surface area contributed by atoms with E-state index in [4.69, 9.17) is 4.74 Å². The number of ether oxygens (including phenoxy) is 1. The van der Waals surface area contributed by atoms with E-state index < -0.39 is 17.9 Å². The summed E-state index contributed by atoms with van der Waals surface area (Å²) in [6.45, 7) is 4.26. The molecule has 0 saturated carbocycles. The Morgan fingerprint density at radius 3 is 2.44 bits per heavy atom. The molecule has 1 rings (SSSR count). The molecule has 1 aliphatic rings. The van der Waals surface area contributed by atoms with Gasteiger partial charge >= 0.3 is 0 Å². The first-order valence-corrected chi connectivity index (χ1v) is 5.23. The second-order valence-electron chi connectivity index (χ2n) is 3.47. The molecule has 0 aromatic rings. The molecule has 0 aromatic heterocycles. The van der Waals surface area contributed by atoms with Gasteiger partial charge in [-0.15, -0.1) is 0 Å². The van der Waals surface area contributed by atoms with Crippen LogP contribution in [0.5, 0.6) is 0 Å². The maximum absolute atomic E-state index is 11.6. The van der Waals surface area contributed by atoms with E-state index >= 15 is 0 Å². The van der Waals surface area contributed by atoms with Gasteiger partial charge in [0.05, 0.1) is 12.6 Å². The highest BCUT2D eigenvalue weighted by Crippen LogP contribution is 2.10. The van der Waals surface area contributed by atoms with Crippen LogP contribution in [-0.2, 0) is 19.1 Å². The van der Waals surface area contributed by atoms with Gasteiger partial charge in [-0.1, -0.05) is 0 Å². The second-order valence-corrected chi connectivity index (χ2v) is 3.47. The summed E-state index contributed by atoms with van der Waals surface area (Å²) in [5.41, 5.74) is 0. The standard InChI is InChI=1S/C11H15NO4/c1-3-16-7-6-9(13)8(2)12-10(14)4-5-11(12)15/h4-5,8H,3,6-7H2,1-2H3. The lowest BCUT2D eigenvalue weighted by Crippen LogP contribution is -2.43. The van der Waals surface area contributed by atoms with Crippen molar-refractivity contribution in [2.45, 2.75) is 26.3 Å². The lowest BCUT2D eigenvalue weighted by atomic mass is 10.1. The van der Waals surface area contributed by atoms with Gasteiger partial charge < -0.3 is 4.74 Å². The van der Waals surface area contributed by atoms with Gasteiger partial charge in [0.25, 0.3) is 11.8 Å². The molecule has 1 atom stereocenters. The highest BCUT2D eigenvalue weighted by atomic mass is 16.5. The van der Waals surface area contributed by atoms with E-state index in [0.717, 1.165) is 4.90 Å². The van der Waals surface area contributed by atoms with Crippen molar-refractivity contribution in [1.29, 1.82) is 0 Å². The molecule has 0 aliphatic carbocycles. The van der Waals surface area contributed by atoms with Gasteiger partial charge in [0, 0.05) is 25.2 Å². The monoisotopic (exact) mass is 225 g/mol. The molecule has 1 aliphatic heterocycles. The van der Waals surface area contributed by atoms with Gasteiger partial charge in [-0.2, -0.15) is 0 Å². The fourth-order valence-electron chi connectivity index (χ4n) is 1.46. The van der Waals surface area contributed by atoms with E-state index in [2.05, 4.69) is 0 Å². The maximum Gasteiger partial charge on any atom is 0.254 e. The normalized spacial score (nSPS) is 17.0. The minimum absolute atomic E-state index is 0.168. The molecule has 0 N–H and O–H groups in total. The molecule has 1 heterocycles. The summed E-state index contributed by atoms with van der Waals surface area (Å²) in [5, 5.41) is 0. The number of Topliss-reactive ketones (excluding diaryl/α,β-unsaturated/α-hetero) is 1. The molecule has 0 saturated heterocycles. The lowest BCUT2D eigenvalue weighted by molar-refractivity contribution is -0.144. The lowest BCUT2D eigenvalue weighted by Gasteiger charge is -2.20. The fraction of sp³-hybridized carbons (Fsp3) is 0.545. The molecule has 0 spiro atoms. The topological polar surface area (TPSA) is 63.7 Å². The fourth-order valence-corrected chi connectivity index (χ4v) is 1.46. The smallest absolute Gasteiger partial charge is 0.254 e. The van der Waals surface area contributed by atoms with Gasteiger partial charge in [0.1, 0.15) is 0 Å². The first-order chi connectivity index (χ1) is 7.57. The number of carbonyl (C=O) groups is 3. The van der Waals surface area contributed by atoms with Crippen molar-refractivity contribution in [1.82, 2.24) is 4.90 Å². The molecule has 0 radical (unpaired) electrons. The summed E-state index contributed by atoms with van der Waals surface area (Å²) in [4.78, 5) is 35.2. The summed E-state index contributed by atoms with van der Waals surface area (Å²) in [7, 11) is 0. The number of amides is 2. The van der Waals surface area contributed by atoms with Crippen molar-refractivity contribution in [3.63, 3.8) is 0 Å². The van der Waals surface area contributed by atoms with E-state index in [1.54, 1.807) is 6.92 Å². The highest BCUT2D eigenvalue weighted by Gasteiger charge is 2.31. The predicted molar refractivity (Wildman–Crippen MR) is 56.6 cm³/mol. The summed E-state index contributed by atoms with van der Waals surface area (Å²) in [6, 6.07) is -0.713. The molecule has 88 valence electrons. The maximum atomic E-state index is 11.6. The number of hydrogen-bond donors (Lipinski definition) is 0. The molecule has 0 fully saturated rings.